The summed E-state index contributed by atoms with van der Waals surface area (Å²) in [6.07, 6.45) is 3.28. The van der Waals surface area contributed by atoms with Gasteiger partial charge in [-0.2, -0.15) is 0 Å². The van der Waals surface area contributed by atoms with Crippen LogP contribution in [0.1, 0.15) is 0 Å². The highest BCUT2D eigenvalue weighted by atomic mass is 35.5. The van der Waals surface area contributed by atoms with E-state index in [4.69, 9.17) is 26.8 Å². The predicted octanol–water partition coefficient (Wildman–Crippen LogP) is -0.256. The third-order valence-corrected chi connectivity index (χ3v) is 3.25. The zero-order chi connectivity index (χ0) is 15.0. The van der Waals surface area contributed by atoms with E-state index in [-0.39, 0.29) is 11.9 Å². The summed E-state index contributed by atoms with van der Waals surface area (Å²) in [5.74, 6) is 0.239. The summed E-state index contributed by atoms with van der Waals surface area (Å²) >= 11 is 6.04. The van der Waals surface area contributed by atoms with Gasteiger partial charge in [0, 0.05) is 32.8 Å². The number of nitrogens with two attached hydrogens (primary N) is 1. The van der Waals surface area contributed by atoms with Gasteiger partial charge in [0.2, 0.25) is 0 Å². The van der Waals surface area contributed by atoms with E-state index in [1.54, 1.807) is 19.3 Å². The second-order valence-electron chi connectivity index (χ2n) is 4.34. The van der Waals surface area contributed by atoms with Crippen LogP contribution in [0.15, 0.2) is 23.5 Å². The Balaban J connectivity index is 2.42. The minimum absolute atomic E-state index is 0.218. The van der Waals surface area contributed by atoms with Crippen LogP contribution < -0.4 is 16.4 Å². The summed E-state index contributed by atoms with van der Waals surface area (Å²) in [5, 5.41) is 5.52. The number of nitrogens with one attached hydrogen (secondary N) is 2. The van der Waals surface area contributed by atoms with Crippen LogP contribution >= 0.6 is 11.6 Å². The molecule has 0 fully saturated rings. The number of carbonyl (C=O) groups is 1. The lowest BCUT2D eigenvalue weighted by atomic mass is 10.0. The van der Waals surface area contributed by atoms with Crippen molar-refractivity contribution in [3.05, 3.63) is 23.5 Å². The molecule has 0 bridgehead atoms. The van der Waals surface area contributed by atoms with E-state index < -0.39 is 5.38 Å². The Morgan fingerprint density at radius 1 is 1.35 bits per heavy atom. The average Bonchev–Trinajstić information content (AvgIpc) is 2.44. The van der Waals surface area contributed by atoms with Gasteiger partial charge in [0.1, 0.15) is 5.76 Å². The summed E-state index contributed by atoms with van der Waals surface area (Å²) in [4.78, 5) is 12.1. The van der Waals surface area contributed by atoms with Crippen molar-refractivity contribution in [3.63, 3.8) is 0 Å². The predicted molar refractivity (Wildman–Crippen MR) is 78.5 cm³/mol. The number of hydrogen-bond acceptors (Lipinski definition) is 5. The maximum absolute atomic E-state index is 12.1. The van der Waals surface area contributed by atoms with Crippen LogP contribution in [-0.2, 0) is 14.3 Å². The Kier molecular flexibility index (Phi) is 7.61. The van der Waals surface area contributed by atoms with Crippen molar-refractivity contribution in [2.75, 3.05) is 40.5 Å². The van der Waals surface area contributed by atoms with Gasteiger partial charge in [-0.05, 0) is 12.2 Å². The third kappa shape index (κ3) is 5.13. The molecule has 0 spiro atoms. The Hall–Kier alpha value is -1.08. The molecule has 7 heteroatoms. The molecular formula is C13H22ClN3O3. The first-order valence-electron chi connectivity index (χ1n) is 6.45. The van der Waals surface area contributed by atoms with Gasteiger partial charge in [0.25, 0.3) is 5.91 Å². The number of halogens is 1. The van der Waals surface area contributed by atoms with Gasteiger partial charge >= 0.3 is 0 Å². The first-order valence-corrected chi connectivity index (χ1v) is 6.89. The standard InChI is InChI=1S/C13H22ClN3O3/c1-19-6-5-16-3-4-17-13(18)9-7-10(14)11(15)8-12(9)20-2/h7-8,10-11,16H,3-6,15H2,1-2H3,(H,17,18). The van der Waals surface area contributed by atoms with Gasteiger partial charge in [-0.3, -0.25) is 4.79 Å². The molecule has 0 aliphatic heterocycles. The number of alkyl halides is 1. The molecule has 2 unspecified atom stereocenters. The van der Waals surface area contributed by atoms with Crippen molar-refractivity contribution < 1.29 is 14.3 Å². The van der Waals surface area contributed by atoms with Gasteiger partial charge in [-0.1, -0.05) is 0 Å². The molecule has 114 valence electrons. The van der Waals surface area contributed by atoms with Crippen LogP contribution in [0.2, 0.25) is 0 Å². The first kappa shape index (κ1) is 17.0. The molecule has 0 heterocycles. The minimum Gasteiger partial charge on any atom is -0.496 e. The SMILES string of the molecule is COCCNCCNC(=O)C1=CC(Cl)C(N)C=C1OC. The van der Waals surface area contributed by atoms with Crippen LogP contribution in [0.3, 0.4) is 0 Å². The number of rotatable bonds is 8. The quantitative estimate of drug-likeness (QED) is 0.425. The van der Waals surface area contributed by atoms with E-state index in [0.717, 1.165) is 6.54 Å². The monoisotopic (exact) mass is 303 g/mol. The Bertz CT molecular complexity index is 385. The highest BCUT2D eigenvalue weighted by Gasteiger charge is 2.25. The summed E-state index contributed by atoms with van der Waals surface area (Å²) in [5.41, 5.74) is 6.21. The molecule has 1 rings (SSSR count). The van der Waals surface area contributed by atoms with E-state index in [1.165, 1.54) is 7.11 Å². The van der Waals surface area contributed by atoms with Gasteiger partial charge in [-0.25, -0.2) is 0 Å². The molecule has 1 amide bonds. The van der Waals surface area contributed by atoms with Crippen LogP contribution in [-0.4, -0.2) is 57.8 Å². The summed E-state index contributed by atoms with van der Waals surface area (Å²) in [6.45, 7) is 2.56. The molecule has 20 heavy (non-hydrogen) atoms. The molecular weight excluding hydrogens is 282 g/mol. The largest absolute Gasteiger partial charge is 0.496 e. The molecule has 0 saturated carbocycles. The van der Waals surface area contributed by atoms with Gasteiger partial charge < -0.3 is 25.8 Å². The van der Waals surface area contributed by atoms with Gasteiger partial charge in [0.05, 0.1) is 24.7 Å². The fraction of sp³-hybridized carbons (Fsp3) is 0.615. The van der Waals surface area contributed by atoms with Crippen LogP contribution in [0, 0.1) is 0 Å². The van der Waals surface area contributed by atoms with E-state index >= 15 is 0 Å². The molecule has 6 nitrogen and oxygen atoms in total. The maximum atomic E-state index is 12.1. The van der Waals surface area contributed by atoms with Crippen molar-refractivity contribution in [2.45, 2.75) is 11.4 Å². The second kappa shape index (κ2) is 8.97. The molecule has 1 aliphatic rings. The lowest BCUT2D eigenvalue weighted by Crippen LogP contribution is -2.37. The smallest absolute Gasteiger partial charge is 0.254 e. The summed E-state index contributed by atoms with van der Waals surface area (Å²) in [6, 6.07) is -0.348. The number of ether oxygens (including phenoxy) is 2. The topological polar surface area (TPSA) is 85.6 Å². The number of methoxy groups -OCH3 is 2. The normalized spacial score (nSPS) is 22.0. The lowest BCUT2D eigenvalue weighted by Gasteiger charge is -2.21. The van der Waals surface area contributed by atoms with E-state index in [0.29, 0.717) is 31.0 Å². The molecule has 2 atom stereocenters. The molecule has 0 aromatic rings. The fourth-order valence-electron chi connectivity index (χ4n) is 1.73. The van der Waals surface area contributed by atoms with E-state index in [9.17, 15) is 4.79 Å². The van der Waals surface area contributed by atoms with Crippen LogP contribution in [0.25, 0.3) is 0 Å². The summed E-state index contributed by atoms with van der Waals surface area (Å²) in [7, 11) is 3.14. The zero-order valence-corrected chi connectivity index (χ0v) is 12.6. The third-order valence-electron chi connectivity index (χ3n) is 2.84. The van der Waals surface area contributed by atoms with Crippen LogP contribution in [0.4, 0.5) is 0 Å². The van der Waals surface area contributed by atoms with Crippen molar-refractivity contribution in [1.82, 2.24) is 10.6 Å². The fourth-order valence-corrected chi connectivity index (χ4v) is 1.93. The van der Waals surface area contributed by atoms with Crippen molar-refractivity contribution in [1.29, 1.82) is 0 Å². The Morgan fingerprint density at radius 2 is 2.10 bits per heavy atom. The van der Waals surface area contributed by atoms with Crippen LogP contribution in [0.5, 0.6) is 0 Å². The molecule has 4 N–H and O–H groups in total. The first-order chi connectivity index (χ1) is 9.60. The minimum atomic E-state index is -0.408. The average molecular weight is 304 g/mol. The number of amides is 1. The highest BCUT2D eigenvalue weighted by molar-refractivity contribution is 6.23. The van der Waals surface area contributed by atoms with Crippen molar-refractivity contribution in [3.8, 4) is 0 Å². The number of carbonyl (C=O) groups excluding carboxylic acids is 1. The Morgan fingerprint density at radius 3 is 2.75 bits per heavy atom. The van der Waals surface area contributed by atoms with E-state index in [2.05, 4.69) is 10.6 Å². The van der Waals surface area contributed by atoms with Gasteiger partial charge in [-0.15, -0.1) is 11.6 Å². The Labute approximate surface area is 124 Å². The maximum Gasteiger partial charge on any atom is 0.254 e. The molecule has 0 radical (unpaired) electrons. The van der Waals surface area contributed by atoms with Gasteiger partial charge in [0.15, 0.2) is 0 Å². The van der Waals surface area contributed by atoms with Crippen molar-refractivity contribution in [2.24, 2.45) is 5.73 Å². The molecule has 1 aliphatic carbocycles. The summed E-state index contributed by atoms with van der Waals surface area (Å²) < 4.78 is 10.1. The molecule has 0 saturated heterocycles. The van der Waals surface area contributed by atoms with Crippen molar-refractivity contribution >= 4 is 17.5 Å². The second-order valence-corrected chi connectivity index (χ2v) is 4.84. The number of hydrogen-bond donors (Lipinski definition) is 3. The zero-order valence-electron chi connectivity index (χ0n) is 11.8. The highest BCUT2D eigenvalue weighted by Crippen LogP contribution is 2.22. The van der Waals surface area contributed by atoms with E-state index in [1.807, 2.05) is 0 Å². The molecule has 0 aromatic heterocycles. The lowest BCUT2D eigenvalue weighted by molar-refractivity contribution is -0.117. The molecule has 0 aromatic carbocycles.